The largest absolute Gasteiger partial charge is 0.459 e. The Hall–Kier alpha value is -2.28. The molecule has 2 amide bonds. The average Bonchev–Trinajstić information content (AvgIpc) is 3.32. The summed E-state index contributed by atoms with van der Waals surface area (Å²) in [7, 11) is 0. The minimum Gasteiger partial charge on any atom is -0.459 e. The summed E-state index contributed by atoms with van der Waals surface area (Å²) in [5, 5.41) is 0. The molecular formula is C19H19FN2O3S. The number of nitrogens with zero attached hydrogens (tertiary/aromatic N) is 2. The summed E-state index contributed by atoms with van der Waals surface area (Å²) >= 11 is 1.76. The van der Waals surface area contributed by atoms with Crippen LogP contribution < -0.4 is 0 Å². The van der Waals surface area contributed by atoms with Crippen molar-refractivity contribution in [3.63, 3.8) is 0 Å². The minimum absolute atomic E-state index is 0.115. The Morgan fingerprint density at radius 1 is 1.08 bits per heavy atom. The van der Waals surface area contributed by atoms with E-state index in [-0.39, 0.29) is 16.7 Å². The van der Waals surface area contributed by atoms with E-state index in [4.69, 9.17) is 4.42 Å². The van der Waals surface area contributed by atoms with Crippen LogP contribution in [-0.4, -0.2) is 51.9 Å². The second-order valence-corrected chi connectivity index (χ2v) is 7.99. The maximum Gasteiger partial charge on any atom is 0.289 e. The van der Waals surface area contributed by atoms with Crippen molar-refractivity contribution in [3.05, 3.63) is 59.8 Å². The first kappa shape index (κ1) is 17.1. The molecule has 0 saturated carbocycles. The van der Waals surface area contributed by atoms with Gasteiger partial charge in [0.15, 0.2) is 5.76 Å². The number of carbonyl (C=O) groups excluding carboxylic acids is 2. The normalized spacial score (nSPS) is 19.1. The number of hydrogen-bond donors (Lipinski definition) is 0. The lowest BCUT2D eigenvalue weighted by molar-refractivity contribution is 0.0483. The van der Waals surface area contributed by atoms with E-state index in [1.54, 1.807) is 40.9 Å². The lowest BCUT2D eigenvalue weighted by atomic mass is 10.0. The van der Waals surface area contributed by atoms with Gasteiger partial charge < -0.3 is 14.2 Å². The van der Waals surface area contributed by atoms with E-state index < -0.39 is 5.82 Å². The first-order valence-corrected chi connectivity index (χ1v) is 9.62. The van der Waals surface area contributed by atoms with Crippen LogP contribution in [-0.2, 0) is 0 Å². The van der Waals surface area contributed by atoms with Gasteiger partial charge in [-0.2, -0.15) is 0 Å². The zero-order valence-electron chi connectivity index (χ0n) is 14.2. The van der Waals surface area contributed by atoms with Gasteiger partial charge in [-0.3, -0.25) is 9.59 Å². The number of piperidine rings is 1. The highest BCUT2D eigenvalue weighted by Crippen LogP contribution is 2.44. The number of hydrogen-bond acceptors (Lipinski definition) is 4. The van der Waals surface area contributed by atoms with Crippen LogP contribution in [0.1, 0.15) is 33.8 Å². The Labute approximate surface area is 155 Å². The molecule has 2 saturated heterocycles. The van der Waals surface area contributed by atoms with E-state index >= 15 is 0 Å². The molecule has 3 heterocycles. The predicted molar refractivity (Wildman–Crippen MR) is 96.5 cm³/mol. The Morgan fingerprint density at radius 3 is 2.58 bits per heavy atom. The van der Waals surface area contributed by atoms with Crippen LogP contribution >= 0.6 is 11.8 Å². The van der Waals surface area contributed by atoms with Crippen molar-refractivity contribution >= 4 is 23.6 Å². The summed E-state index contributed by atoms with van der Waals surface area (Å²) in [6.07, 6.45) is 2.89. The molecule has 1 spiro atoms. The van der Waals surface area contributed by atoms with Gasteiger partial charge in [0.1, 0.15) is 5.82 Å². The van der Waals surface area contributed by atoms with Crippen LogP contribution in [0.25, 0.3) is 0 Å². The molecule has 0 bridgehead atoms. The van der Waals surface area contributed by atoms with Gasteiger partial charge in [-0.1, -0.05) is 6.07 Å². The second-order valence-electron chi connectivity index (χ2n) is 6.53. The summed E-state index contributed by atoms with van der Waals surface area (Å²) in [4.78, 5) is 28.7. The van der Waals surface area contributed by atoms with Crippen molar-refractivity contribution in [1.29, 1.82) is 0 Å². The van der Waals surface area contributed by atoms with E-state index in [1.165, 1.54) is 18.4 Å². The summed E-state index contributed by atoms with van der Waals surface area (Å²) in [6.45, 7) is 1.78. The SMILES string of the molecule is O=C(c1ccco1)N1CCC2(CC1)SCCN2C(=O)c1cccc(F)c1. The topological polar surface area (TPSA) is 53.8 Å². The van der Waals surface area contributed by atoms with Crippen LogP contribution in [0.3, 0.4) is 0 Å². The number of furan rings is 1. The van der Waals surface area contributed by atoms with Gasteiger partial charge in [0.05, 0.1) is 11.1 Å². The number of benzene rings is 1. The lowest BCUT2D eigenvalue weighted by Gasteiger charge is -2.44. The molecule has 136 valence electrons. The Kier molecular flexibility index (Phi) is 4.48. The fraction of sp³-hybridized carbons (Fsp3) is 0.368. The highest BCUT2D eigenvalue weighted by atomic mass is 32.2. The standard InChI is InChI=1S/C19H19FN2O3S/c20-15-4-1-3-14(13-15)17(23)22-10-12-26-19(22)6-8-21(9-7-19)18(24)16-5-2-11-25-16/h1-5,11,13H,6-10,12H2. The molecule has 4 rings (SSSR count). The number of halogens is 1. The van der Waals surface area contributed by atoms with Gasteiger partial charge in [0, 0.05) is 31.0 Å². The molecule has 1 aromatic heterocycles. The summed E-state index contributed by atoms with van der Waals surface area (Å²) in [5.41, 5.74) is 0.376. The summed E-state index contributed by atoms with van der Waals surface area (Å²) in [5.74, 6) is 0.534. The first-order chi connectivity index (χ1) is 12.6. The highest BCUT2D eigenvalue weighted by molar-refractivity contribution is 8.00. The van der Waals surface area contributed by atoms with Crippen LogP contribution in [0.2, 0.25) is 0 Å². The third-order valence-electron chi connectivity index (χ3n) is 5.06. The zero-order valence-corrected chi connectivity index (χ0v) is 15.0. The molecule has 0 aliphatic carbocycles. The smallest absolute Gasteiger partial charge is 0.289 e. The molecule has 2 aliphatic heterocycles. The molecule has 2 fully saturated rings. The number of amides is 2. The summed E-state index contributed by atoms with van der Waals surface area (Å²) in [6, 6.07) is 9.20. The number of carbonyl (C=O) groups is 2. The quantitative estimate of drug-likeness (QED) is 0.810. The van der Waals surface area contributed by atoms with Crippen molar-refractivity contribution in [3.8, 4) is 0 Å². The van der Waals surface area contributed by atoms with Crippen molar-refractivity contribution < 1.29 is 18.4 Å². The molecule has 0 radical (unpaired) electrons. The maximum atomic E-state index is 13.5. The molecule has 7 heteroatoms. The molecular weight excluding hydrogens is 355 g/mol. The number of likely N-dealkylation sites (tertiary alicyclic amines) is 1. The van der Waals surface area contributed by atoms with E-state index in [2.05, 4.69) is 0 Å². The fourth-order valence-corrected chi connectivity index (χ4v) is 5.16. The van der Waals surface area contributed by atoms with Crippen LogP contribution in [0.15, 0.2) is 47.1 Å². The predicted octanol–water partition coefficient (Wildman–Crippen LogP) is 3.24. The lowest BCUT2D eigenvalue weighted by Crippen LogP contribution is -2.53. The Bertz CT molecular complexity index is 816. The number of thioether (sulfide) groups is 1. The number of rotatable bonds is 2. The molecule has 0 atom stereocenters. The zero-order chi connectivity index (χ0) is 18.1. The third-order valence-corrected chi connectivity index (χ3v) is 6.61. The average molecular weight is 374 g/mol. The Balaban J connectivity index is 1.48. The molecule has 0 N–H and O–H groups in total. The monoisotopic (exact) mass is 374 g/mol. The van der Waals surface area contributed by atoms with E-state index in [9.17, 15) is 14.0 Å². The Morgan fingerprint density at radius 2 is 1.88 bits per heavy atom. The van der Waals surface area contributed by atoms with E-state index in [1.807, 2.05) is 4.90 Å². The molecule has 0 unspecified atom stereocenters. The van der Waals surface area contributed by atoms with Crippen LogP contribution in [0.5, 0.6) is 0 Å². The van der Waals surface area contributed by atoms with Crippen LogP contribution in [0.4, 0.5) is 4.39 Å². The molecule has 2 aromatic rings. The minimum atomic E-state index is -0.407. The molecule has 1 aromatic carbocycles. The van der Waals surface area contributed by atoms with Crippen LogP contribution in [0, 0.1) is 5.82 Å². The van der Waals surface area contributed by atoms with Gasteiger partial charge in [0.2, 0.25) is 0 Å². The van der Waals surface area contributed by atoms with E-state index in [0.717, 1.165) is 5.75 Å². The summed E-state index contributed by atoms with van der Waals surface area (Å²) < 4.78 is 18.7. The molecule has 2 aliphatic rings. The van der Waals surface area contributed by atoms with Crippen molar-refractivity contribution in [2.75, 3.05) is 25.4 Å². The molecule has 26 heavy (non-hydrogen) atoms. The fourth-order valence-electron chi connectivity index (χ4n) is 3.70. The van der Waals surface area contributed by atoms with Gasteiger partial charge in [-0.15, -0.1) is 11.8 Å². The van der Waals surface area contributed by atoms with Gasteiger partial charge in [-0.25, -0.2) is 4.39 Å². The van der Waals surface area contributed by atoms with E-state index in [0.29, 0.717) is 43.8 Å². The van der Waals surface area contributed by atoms with Crippen molar-refractivity contribution in [1.82, 2.24) is 9.80 Å². The maximum absolute atomic E-state index is 13.5. The second kappa shape index (κ2) is 6.79. The third kappa shape index (κ3) is 3.00. The van der Waals surface area contributed by atoms with Gasteiger partial charge in [-0.05, 0) is 43.2 Å². The van der Waals surface area contributed by atoms with Gasteiger partial charge in [0.25, 0.3) is 11.8 Å². The first-order valence-electron chi connectivity index (χ1n) is 8.63. The van der Waals surface area contributed by atoms with Gasteiger partial charge >= 0.3 is 0 Å². The highest BCUT2D eigenvalue weighted by Gasteiger charge is 2.47. The van der Waals surface area contributed by atoms with Crippen molar-refractivity contribution in [2.45, 2.75) is 17.7 Å². The molecule has 5 nitrogen and oxygen atoms in total. The van der Waals surface area contributed by atoms with Crippen molar-refractivity contribution in [2.24, 2.45) is 0 Å².